The van der Waals surface area contributed by atoms with Gasteiger partial charge in [0.2, 0.25) is 0 Å². The Morgan fingerprint density at radius 2 is 1.67 bits per heavy atom. The molecule has 0 atom stereocenters. The first-order valence-corrected chi connectivity index (χ1v) is 7.17. The van der Waals surface area contributed by atoms with Crippen molar-refractivity contribution in [3.63, 3.8) is 0 Å². The van der Waals surface area contributed by atoms with Gasteiger partial charge in [0.05, 0.1) is 11.0 Å². The predicted molar refractivity (Wildman–Crippen MR) is 88.2 cm³/mol. The topological polar surface area (TPSA) is 108 Å². The average molecular weight is 320 g/mol. The molecule has 0 unspecified atom stereocenters. The summed E-state index contributed by atoms with van der Waals surface area (Å²) in [5.74, 6) is -0.234. The average Bonchev–Trinajstić information content (AvgIpc) is 3.23. The minimum atomic E-state index is -0.280. The Hall–Kier alpha value is -3.68. The Morgan fingerprint density at radius 3 is 2.42 bits per heavy atom. The molecule has 118 valence electrons. The van der Waals surface area contributed by atoms with Crippen molar-refractivity contribution in [3.8, 4) is 5.69 Å². The first-order valence-electron chi connectivity index (χ1n) is 7.17. The van der Waals surface area contributed by atoms with Crippen LogP contribution in [0.3, 0.4) is 0 Å². The molecule has 24 heavy (non-hydrogen) atoms. The molecular formula is C16H12N6O2. The zero-order chi connectivity index (χ0) is 16.5. The first kappa shape index (κ1) is 13.9. The zero-order valence-corrected chi connectivity index (χ0v) is 12.4. The lowest BCUT2D eigenvalue weighted by Crippen LogP contribution is -2.11. The molecule has 2 heterocycles. The van der Waals surface area contributed by atoms with Gasteiger partial charge in [-0.3, -0.25) is 9.36 Å². The number of aromatic amines is 2. The summed E-state index contributed by atoms with van der Waals surface area (Å²) in [6, 6.07) is 12.2. The predicted octanol–water partition coefficient (Wildman–Crippen LogP) is 1.69. The van der Waals surface area contributed by atoms with Crippen molar-refractivity contribution in [1.29, 1.82) is 0 Å². The summed E-state index contributed by atoms with van der Waals surface area (Å²) < 4.78 is 1.75. The van der Waals surface area contributed by atoms with E-state index in [2.05, 4.69) is 25.5 Å². The molecule has 0 fully saturated rings. The highest BCUT2D eigenvalue weighted by molar-refractivity contribution is 6.05. The van der Waals surface area contributed by atoms with E-state index in [0.717, 1.165) is 5.69 Å². The standard InChI is InChI=1S/C16H12N6O2/c23-15(10-1-4-12(5-2-10)22-8-17-18-9-22)19-11-3-6-13-14(7-11)21-16(24)20-13/h1-9H,(H,19,23)(H2,20,21,24). The Bertz CT molecular complexity index is 1060. The normalized spacial score (nSPS) is 10.8. The highest BCUT2D eigenvalue weighted by Gasteiger charge is 2.08. The molecule has 4 aromatic rings. The van der Waals surface area contributed by atoms with Crippen LogP contribution >= 0.6 is 0 Å². The number of H-pyrrole nitrogens is 2. The van der Waals surface area contributed by atoms with Gasteiger partial charge in [-0.15, -0.1) is 10.2 Å². The Kier molecular flexibility index (Phi) is 3.20. The van der Waals surface area contributed by atoms with Crippen LogP contribution in [0.25, 0.3) is 16.7 Å². The van der Waals surface area contributed by atoms with Crippen LogP contribution in [0.4, 0.5) is 5.69 Å². The molecule has 4 rings (SSSR count). The van der Waals surface area contributed by atoms with Gasteiger partial charge in [-0.25, -0.2) is 4.79 Å². The van der Waals surface area contributed by atoms with Crippen LogP contribution in [0.15, 0.2) is 59.9 Å². The summed E-state index contributed by atoms with van der Waals surface area (Å²) in [6.45, 7) is 0. The molecule has 8 nitrogen and oxygen atoms in total. The first-order chi connectivity index (χ1) is 11.7. The van der Waals surface area contributed by atoms with Crippen molar-refractivity contribution in [3.05, 3.63) is 71.2 Å². The highest BCUT2D eigenvalue weighted by atomic mass is 16.2. The number of hydrogen-bond acceptors (Lipinski definition) is 4. The van der Waals surface area contributed by atoms with Crippen molar-refractivity contribution >= 4 is 22.6 Å². The minimum absolute atomic E-state index is 0.234. The van der Waals surface area contributed by atoms with Gasteiger partial charge in [0.25, 0.3) is 5.91 Å². The van der Waals surface area contributed by atoms with Crippen molar-refractivity contribution in [2.75, 3.05) is 5.32 Å². The second kappa shape index (κ2) is 5.51. The van der Waals surface area contributed by atoms with Crippen LogP contribution in [0, 0.1) is 0 Å². The van der Waals surface area contributed by atoms with E-state index in [1.165, 1.54) is 0 Å². The Balaban J connectivity index is 1.55. The number of anilines is 1. The van der Waals surface area contributed by atoms with Gasteiger partial charge in [-0.05, 0) is 42.5 Å². The van der Waals surface area contributed by atoms with Crippen LogP contribution in [-0.2, 0) is 0 Å². The summed E-state index contributed by atoms with van der Waals surface area (Å²) in [4.78, 5) is 28.9. The molecule has 0 radical (unpaired) electrons. The third-order valence-corrected chi connectivity index (χ3v) is 3.62. The van der Waals surface area contributed by atoms with Gasteiger partial charge in [0.1, 0.15) is 12.7 Å². The van der Waals surface area contributed by atoms with Crippen molar-refractivity contribution in [2.45, 2.75) is 0 Å². The molecule has 0 spiro atoms. The van der Waals surface area contributed by atoms with Crippen LogP contribution in [-0.4, -0.2) is 30.6 Å². The van der Waals surface area contributed by atoms with Gasteiger partial charge in [0.15, 0.2) is 0 Å². The molecular weight excluding hydrogens is 308 g/mol. The lowest BCUT2D eigenvalue weighted by Gasteiger charge is -2.06. The summed E-state index contributed by atoms with van der Waals surface area (Å²) >= 11 is 0. The van der Waals surface area contributed by atoms with Crippen LogP contribution in [0.1, 0.15) is 10.4 Å². The van der Waals surface area contributed by atoms with Crippen molar-refractivity contribution < 1.29 is 4.79 Å². The van der Waals surface area contributed by atoms with Gasteiger partial charge >= 0.3 is 5.69 Å². The number of benzene rings is 2. The fraction of sp³-hybridized carbons (Fsp3) is 0. The maximum absolute atomic E-state index is 12.3. The van der Waals surface area contributed by atoms with Gasteiger partial charge in [-0.1, -0.05) is 0 Å². The van der Waals surface area contributed by atoms with E-state index < -0.39 is 0 Å². The van der Waals surface area contributed by atoms with E-state index in [-0.39, 0.29) is 11.6 Å². The number of amides is 1. The number of carbonyl (C=O) groups excluding carboxylic acids is 1. The van der Waals surface area contributed by atoms with Crippen LogP contribution in [0.5, 0.6) is 0 Å². The van der Waals surface area contributed by atoms with E-state index in [9.17, 15) is 9.59 Å². The maximum Gasteiger partial charge on any atom is 0.323 e. The number of imidazole rings is 1. The third-order valence-electron chi connectivity index (χ3n) is 3.62. The molecule has 0 saturated heterocycles. The zero-order valence-electron chi connectivity index (χ0n) is 12.4. The molecule has 2 aromatic carbocycles. The monoisotopic (exact) mass is 320 g/mol. The van der Waals surface area contributed by atoms with Crippen LogP contribution < -0.4 is 11.0 Å². The molecule has 0 aliphatic carbocycles. The maximum atomic E-state index is 12.3. The smallest absolute Gasteiger partial charge is 0.322 e. The van der Waals surface area contributed by atoms with Gasteiger partial charge in [0, 0.05) is 16.9 Å². The lowest BCUT2D eigenvalue weighted by atomic mass is 10.2. The lowest BCUT2D eigenvalue weighted by molar-refractivity contribution is 0.102. The number of nitrogens with one attached hydrogen (secondary N) is 3. The van der Waals surface area contributed by atoms with E-state index in [1.807, 2.05) is 12.1 Å². The Labute approximate surface area is 135 Å². The number of carbonyl (C=O) groups is 1. The molecule has 1 amide bonds. The largest absolute Gasteiger partial charge is 0.323 e. The summed E-state index contributed by atoms with van der Waals surface area (Å²) in [5.41, 5.74) is 3.04. The fourth-order valence-electron chi connectivity index (χ4n) is 2.43. The molecule has 0 aliphatic heterocycles. The van der Waals surface area contributed by atoms with E-state index in [0.29, 0.717) is 22.3 Å². The third kappa shape index (κ3) is 2.56. The molecule has 0 bridgehead atoms. The molecule has 0 saturated carbocycles. The fourth-order valence-corrected chi connectivity index (χ4v) is 2.43. The number of aromatic nitrogens is 5. The number of nitrogens with zero attached hydrogens (tertiary/aromatic N) is 3. The quantitative estimate of drug-likeness (QED) is 0.533. The summed E-state index contributed by atoms with van der Waals surface area (Å²) in [5, 5.41) is 10.3. The van der Waals surface area contributed by atoms with E-state index >= 15 is 0 Å². The molecule has 8 heteroatoms. The second-order valence-electron chi connectivity index (χ2n) is 5.21. The molecule has 0 aliphatic rings. The Morgan fingerprint density at radius 1 is 0.958 bits per heavy atom. The minimum Gasteiger partial charge on any atom is -0.322 e. The van der Waals surface area contributed by atoms with Crippen molar-refractivity contribution in [2.24, 2.45) is 0 Å². The number of rotatable bonds is 3. The number of hydrogen-bond donors (Lipinski definition) is 3. The summed E-state index contributed by atoms with van der Waals surface area (Å²) in [6.07, 6.45) is 3.17. The molecule has 2 aromatic heterocycles. The van der Waals surface area contributed by atoms with Gasteiger partial charge < -0.3 is 15.3 Å². The highest BCUT2D eigenvalue weighted by Crippen LogP contribution is 2.16. The molecule has 3 N–H and O–H groups in total. The summed E-state index contributed by atoms with van der Waals surface area (Å²) in [7, 11) is 0. The second-order valence-corrected chi connectivity index (χ2v) is 5.21. The number of fused-ring (bicyclic) bond motifs is 1. The van der Waals surface area contributed by atoms with Crippen LogP contribution in [0.2, 0.25) is 0 Å². The van der Waals surface area contributed by atoms with Crippen molar-refractivity contribution in [1.82, 2.24) is 24.7 Å². The van der Waals surface area contributed by atoms with E-state index in [1.54, 1.807) is 47.6 Å². The van der Waals surface area contributed by atoms with E-state index in [4.69, 9.17) is 0 Å². The SMILES string of the molecule is O=C(Nc1ccc2[nH]c(=O)[nH]c2c1)c1ccc(-n2cnnc2)cc1. The van der Waals surface area contributed by atoms with Gasteiger partial charge in [-0.2, -0.15) is 0 Å².